The fourth-order valence-electron chi connectivity index (χ4n) is 3.58. The lowest BCUT2D eigenvalue weighted by Gasteiger charge is -2.13. The second-order valence-corrected chi connectivity index (χ2v) is 8.38. The van der Waals surface area contributed by atoms with Crippen molar-refractivity contribution in [3.63, 3.8) is 0 Å². The van der Waals surface area contributed by atoms with E-state index in [1.54, 1.807) is 12.2 Å². The van der Waals surface area contributed by atoms with Crippen molar-refractivity contribution in [3.05, 3.63) is 101 Å². The van der Waals surface area contributed by atoms with Gasteiger partial charge in [-0.2, -0.15) is 0 Å². The van der Waals surface area contributed by atoms with E-state index in [2.05, 4.69) is 44.7 Å². The molecule has 0 atom stereocenters. The first-order valence-corrected chi connectivity index (χ1v) is 10.7. The van der Waals surface area contributed by atoms with Crippen molar-refractivity contribution in [3.8, 4) is 5.75 Å². The number of benzene rings is 2. The van der Waals surface area contributed by atoms with Crippen LogP contribution in [0.1, 0.15) is 66.2 Å². The quantitative estimate of drug-likeness (QED) is 0.260. The summed E-state index contributed by atoms with van der Waals surface area (Å²) in [6, 6.07) is 12.3. The second-order valence-electron chi connectivity index (χ2n) is 8.38. The molecule has 2 aromatic carbocycles. The van der Waals surface area contributed by atoms with Crippen LogP contribution in [0.25, 0.3) is 0 Å². The topological polar surface area (TPSA) is 37.3 Å². The lowest BCUT2D eigenvalue weighted by Crippen LogP contribution is -2.02. The molecule has 0 fully saturated rings. The fraction of sp³-hybridized carbons (Fsp3) is 0.321. The molecule has 2 heteroatoms. The molecule has 0 aliphatic carbocycles. The van der Waals surface area contributed by atoms with Gasteiger partial charge in [0.15, 0.2) is 5.78 Å². The van der Waals surface area contributed by atoms with Crippen LogP contribution < -0.4 is 0 Å². The average molecular weight is 403 g/mol. The molecular weight excluding hydrogens is 368 g/mol. The number of hydrogen-bond acceptors (Lipinski definition) is 2. The lowest BCUT2D eigenvalue weighted by molar-refractivity contribution is 0.104. The number of phenolic OH excluding ortho intramolecular Hbond substituents is 1. The average Bonchev–Trinajstić information content (AvgIpc) is 2.70. The first-order chi connectivity index (χ1) is 14.3. The number of ketones is 1. The maximum absolute atomic E-state index is 12.7. The summed E-state index contributed by atoms with van der Waals surface area (Å²) >= 11 is 0. The Bertz CT molecular complexity index is 945. The van der Waals surface area contributed by atoms with Gasteiger partial charge < -0.3 is 5.11 Å². The van der Waals surface area contributed by atoms with Crippen LogP contribution in [0.4, 0.5) is 0 Å². The summed E-state index contributed by atoms with van der Waals surface area (Å²) in [4.78, 5) is 12.7. The van der Waals surface area contributed by atoms with Crippen LogP contribution in [-0.2, 0) is 12.8 Å². The van der Waals surface area contributed by atoms with E-state index in [1.165, 1.54) is 30.0 Å². The lowest BCUT2D eigenvalue weighted by atomic mass is 9.93. The van der Waals surface area contributed by atoms with Gasteiger partial charge in [-0.15, -0.1) is 0 Å². The molecule has 0 saturated heterocycles. The van der Waals surface area contributed by atoms with E-state index in [0.717, 1.165) is 29.5 Å². The Labute approximate surface area is 181 Å². The largest absolute Gasteiger partial charge is 0.507 e. The van der Waals surface area contributed by atoms with Crippen molar-refractivity contribution in [2.75, 3.05) is 0 Å². The number of carbonyl (C=O) groups excluding carboxylic acids is 1. The predicted molar refractivity (Wildman–Crippen MR) is 127 cm³/mol. The van der Waals surface area contributed by atoms with Gasteiger partial charge >= 0.3 is 0 Å². The molecule has 2 nitrogen and oxygen atoms in total. The van der Waals surface area contributed by atoms with Crippen LogP contribution in [0.2, 0.25) is 0 Å². The Morgan fingerprint density at radius 2 is 1.83 bits per heavy atom. The third-order valence-corrected chi connectivity index (χ3v) is 5.24. The number of carbonyl (C=O) groups is 1. The molecule has 0 heterocycles. The summed E-state index contributed by atoms with van der Waals surface area (Å²) in [5, 5.41) is 10.5. The van der Waals surface area contributed by atoms with Crippen LogP contribution in [0.15, 0.2) is 72.9 Å². The number of hydrogen-bond donors (Lipinski definition) is 1. The maximum Gasteiger partial charge on any atom is 0.189 e. The van der Waals surface area contributed by atoms with Crippen molar-refractivity contribution >= 4 is 5.78 Å². The van der Waals surface area contributed by atoms with Crippen molar-refractivity contribution in [2.24, 2.45) is 5.92 Å². The molecule has 0 aliphatic rings. The summed E-state index contributed by atoms with van der Waals surface area (Å²) in [5.41, 5.74) is 5.69. The van der Waals surface area contributed by atoms with E-state index in [0.29, 0.717) is 11.5 Å². The standard InChI is InChI=1S/C28H34O2/c1-6-10-21(4)15-16-27(29)26-19-23(17-22(5)28(26)30)18-25-13-8-7-12-24(25)14-9-11-20(2)3/h6-8,10,12-13,15-17,19-20,30H,1,9,11,14,18H2,2-5H3/b16-15-,21-10-. The SMILES string of the molecule is C=C/C=C(C)\C=C/C(=O)c1cc(Cc2ccccc2CCCC(C)C)cc(C)c1O. The summed E-state index contributed by atoms with van der Waals surface area (Å²) < 4.78 is 0. The van der Waals surface area contributed by atoms with Crippen molar-refractivity contribution in [1.82, 2.24) is 0 Å². The molecular formula is C28H34O2. The highest BCUT2D eigenvalue weighted by Crippen LogP contribution is 2.27. The minimum absolute atomic E-state index is 0.0592. The summed E-state index contributed by atoms with van der Waals surface area (Å²) in [6.45, 7) is 11.9. The molecule has 0 aromatic heterocycles. The van der Waals surface area contributed by atoms with Gasteiger partial charge in [0.05, 0.1) is 5.56 Å². The number of aromatic hydroxyl groups is 1. The maximum atomic E-state index is 12.7. The molecule has 0 bridgehead atoms. The first kappa shape index (κ1) is 23.4. The smallest absolute Gasteiger partial charge is 0.189 e. The predicted octanol–water partition coefficient (Wildman–Crippen LogP) is 7.14. The van der Waals surface area contributed by atoms with Gasteiger partial charge in [-0.25, -0.2) is 0 Å². The van der Waals surface area contributed by atoms with E-state index in [4.69, 9.17) is 0 Å². The van der Waals surface area contributed by atoms with Gasteiger partial charge in [0.25, 0.3) is 0 Å². The molecule has 30 heavy (non-hydrogen) atoms. The molecule has 0 amide bonds. The molecule has 2 rings (SSSR count). The molecule has 1 N–H and O–H groups in total. The van der Waals surface area contributed by atoms with Gasteiger partial charge in [0.2, 0.25) is 0 Å². The van der Waals surface area contributed by atoms with Crippen molar-refractivity contribution in [1.29, 1.82) is 0 Å². The highest BCUT2D eigenvalue weighted by Gasteiger charge is 2.14. The van der Waals surface area contributed by atoms with E-state index in [1.807, 2.05) is 32.1 Å². The molecule has 0 radical (unpaired) electrons. The highest BCUT2D eigenvalue weighted by atomic mass is 16.3. The van der Waals surface area contributed by atoms with Crippen LogP contribution in [0.5, 0.6) is 5.75 Å². The van der Waals surface area contributed by atoms with Gasteiger partial charge in [-0.3, -0.25) is 4.79 Å². The van der Waals surface area contributed by atoms with Crippen LogP contribution in [0, 0.1) is 12.8 Å². The Morgan fingerprint density at radius 1 is 1.13 bits per heavy atom. The Kier molecular flexibility index (Phi) is 8.86. The third kappa shape index (κ3) is 6.88. The number of allylic oxidation sites excluding steroid dienone is 5. The Morgan fingerprint density at radius 3 is 2.50 bits per heavy atom. The van der Waals surface area contributed by atoms with Crippen LogP contribution in [-0.4, -0.2) is 10.9 Å². The first-order valence-electron chi connectivity index (χ1n) is 10.7. The fourth-order valence-corrected chi connectivity index (χ4v) is 3.58. The molecule has 158 valence electrons. The van der Waals surface area contributed by atoms with Gasteiger partial charge in [0, 0.05) is 0 Å². The normalized spacial score (nSPS) is 12.0. The highest BCUT2D eigenvalue weighted by molar-refractivity contribution is 6.07. The molecule has 0 aliphatic heterocycles. The van der Waals surface area contributed by atoms with Gasteiger partial charge in [-0.05, 0) is 73.4 Å². The molecule has 2 aromatic rings. The van der Waals surface area contributed by atoms with Crippen LogP contribution in [0.3, 0.4) is 0 Å². The number of aryl methyl sites for hydroxylation is 2. The summed E-state index contributed by atoms with van der Waals surface area (Å²) in [7, 11) is 0. The van der Waals surface area contributed by atoms with Crippen molar-refractivity contribution in [2.45, 2.75) is 53.4 Å². The zero-order valence-electron chi connectivity index (χ0n) is 18.7. The molecule has 0 saturated carbocycles. The van der Waals surface area contributed by atoms with Gasteiger partial charge in [-0.1, -0.05) is 81.0 Å². The Balaban J connectivity index is 2.27. The summed E-state index contributed by atoms with van der Waals surface area (Å²) in [5.74, 6) is 0.576. The zero-order valence-corrected chi connectivity index (χ0v) is 18.7. The van der Waals surface area contributed by atoms with E-state index in [-0.39, 0.29) is 11.5 Å². The zero-order chi connectivity index (χ0) is 22.1. The second kappa shape index (κ2) is 11.3. The van der Waals surface area contributed by atoms with Crippen molar-refractivity contribution < 1.29 is 9.90 Å². The minimum atomic E-state index is -0.195. The monoisotopic (exact) mass is 402 g/mol. The number of phenols is 1. The van der Waals surface area contributed by atoms with E-state index in [9.17, 15) is 9.90 Å². The third-order valence-electron chi connectivity index (χ3n) is 5.24. The molecule has 0 unspecified atom stereocenters. The van der Waals surface area contributed by atoms with Crippen LogP contribution >= 0.6 is 0 Å². The van der Waals surface area contributed by atoms with E-state index >= 15 is 0 Å². The van der Waals surface area contributed by atoms with Gasteiger partial charge in [0.1, 0.15) is 5.75 Å². The summed E-state index contributed by atoms with van der Waals surface area (Å²) in [6.07, 6.45) is 11.0. The Hall–Kier alpha value is -2.87. The van der Waals surface area contributed by atoms with E-state index < -0.39 is 0 Å². The number of rotatable bonds is 10. The minimum Gasteiger partial charge on any atom is -0.507 e. The molecule has 0 spiro atoms.